The van der Waals surface area contributed by atoms with Crippen LogP contribution in [0.5, 0.6) is 0 Å². The van der Waals surface area contributed by atoms with Crippen LogP contribution in [0.3, 0.4) is 0 Å². The molecule has 0 bridgehead atoms. The third kappa shape index (κ3) is 2.65. The molecule has 1 amide bonds. The Kier molecular flexibility index (Phi) is 3.78. The summed E-state index contributed by atoms with van der Waals surface area (Å²) in [6, 6.07) is 12.2. The molecule has 0 saturated heterocycles. The molecule has 0 saturated carbocycles. The first-order chi connectivity index (χ1) is 10.7. The number of carbonyl (C=O) groups is 1. The van der Waals surface area contributed by atoms with Crippen LogP contribution in [0.25, 0.3) is 10.9 Å². The van der Waals surface area contributed by atoms with Crippen molar-refractivity contribution in [2.45, 2.75) is 6.54 Å². The van der Waals surface area contributed by atoms with E-state index in [0.717, 1.165) is 0 Å². The molecular formula is C17H12F2N2O. The molecule has 0 radical (unpaired) electrons. The molecule has 3 nitrogen and oxygen atoms in total. The van der Waals surface area contributed by atoms with Crippen LogP contribution in [0.15, 0.2) is 54.7 Å². The third-order valence-corrected chi connectivity index (χ3v) is 3.36. The van der Waals surface area contributed by atoms with Crippen molar-refractivity contribution in [3.63, 3.8) is 0 Å². The molecule has 3 rings (SSSR count). The molecule has 22 heavy (non-hydrogen) atoms. The van der Waals surface area contributed by atoms with E-state index in [-0.39, 0.29) is 17.5 Å². The number of benzene rings is 2. The second-order valence-corrected chi connectivity index (χ2v) is 4.77. The van der Waals surface area contributed by atoms with E-state index in [1.165, 1.54) is 12.1 Å². The largest absolute Gasteiger partial charge is 0.348 e. The van der Waals surface area contributed by atoms with Crippen LogP contribution >= 0.6 is 0 Å². The number of hydrogen-bond acceptors (Lipinski definition) is 2. The van der Waals surface area contributed by atoms with Crippen LogP contribution in [0.1, 0.15) is 15.9 Å². The first-order valence-corrected chi connectivity index (χ1v) is 6.71. The molecule has 1 heterocycles. The lowest BCUT2D eigenvalue weighted by Gasteiger charge is -2.08. The lowest BCUT2D eigenvalue weighted by atomic mass is 10.1. The number of hydrogen-bond donors (Lipinski definition) is 1. The van der Waals surface area contributed by atoms with Crippen LogP contribution in [0.4, 0.5) is 8.78 Å². The van der Waals surface area contributed by atoms with Crippen molar-refractivity contribution in [3.8, 4) is 0 Å². The SMILES string of the molecule is O=C(NCc1ccccc1F)c1ccc2ncccc2c1F. The average Bonchev–Trinajstić information content (AvgIpc) is 2.54. The van der Waals surface area contributed by atoms with Crippen molar-refractivity contribution in [1.82, 2.24) is 10.3 Å². The molecule has 5 heteroatoms. The molecule has 0 unspecified atom stereocenters. The highest BCUT2D eigenvalue weighted by molar-refractivity contribution is 5.98. The van der Waals surface area contributed by atoms with E-state index in [9.17, 15) is 13.6 Å². The first-order valence-electron chi connectivity index (χ1n) is 6.71. The minimum absolute atomic E-state index is 0.00394. The lowest BCUT2D eigenvalue weighted by Crippen LogP contribution is -2.24. The lowest BCUT2D eigenvalue weighted by molar-refractivity contribution is 0.0947. The van der Waals surface area contributed by atoms with E-state index >= 15 is 0 Å². The summed E-state index contributed by atoms with van der Waals surface area (Å²) < 4.78 is 27.8. The molecule has 0 spiro atoms. The van der Waals surface area contributed by atoms with Gasteiger partial charge in [-0.1, -0.05) is 18.2 Å². The minimum atomic E-state index is -0.628. The van der Waals surface area contributed by atoms with Crippen molar-refractivity contribution in [2.75, 3.05) is 0 Å². The Morgan fingerprint density at radius 3 is 2.68 bits per heavy atom. The maximum absolute atomic E-state index is 14.3. The van der Waals surface area contributed by atoms with Crippen LogP contribution in [-0.4, -0.2) is 10.9 Å². The third-order valence-electron chi connectivity index (χ3n) is 3.36. The smallest absolute Gasteiger partial charge is 0.254 e. The van der Waals surface area contributed by atoms with Gasteiger partial charge in [-0.05, 0) is 30.3 Å². The zero-order valence-corrected chi connectivity index (χ0v) is 11.5. The number of amides is 1. The van der Waals surface area contributed by atoms with Gasteiger partial charge in [0.05, 0.1) is 11.1 Å². The molecular weight excluding hydrogens is 286 g/mol. The van der Waals surface area contributed by atoms with E-state index < -0.39 is 17.5 Å². The zero-order chi connectivity index (χ0) is 15.5. The van der Waals surface area contributed by atoms with Gasteiger partial charge in [0, 0.05) is 23.7 Å². The predicted octanol–water partition coefficient (Wildman–Crippen LogP) is 3.44. The standard InChI is InChI=1S/C17H12F2N2O/c18-14-6-2-1-4-11(14)10-21-17(22)13-7-8-15-12(16(13)19)5-3-9-20-15/h1-9H,10H2,(H,21,22). The van der Waals surface area contributed by atoms with E-state index in [1.54, 1.807) is 42.6 Å². The Hall–Kier alpha value is -2.82. The van der Waals surface area contributed by atoms with Crippen molar-refractivity contribution < 1.29 is 13.6 Å². The van der Waals surface area contributed by atoms with Gasteiger partial charge in [-0.25, -0.2) is 8.78 Å². The number of fused-ring (bicyclic) bond motifs is 1. The van der Waals surface area contributed by atoms with Gasteiger partial charge >= 0.3 is 0 Å². The summed E-state index contributed by atoms with van der Waals surface area (Å²) in [5, 5.41) is 2.80. The molecule has 3 aromatic rings. The second kappa shape index (κ2) is 5.89. The Bertz CT molecular complexity index is 849. The molecule has 110 valence electrons. The highest BCUT2D eigenvalue weighted by atomic mass is 19.1. The maximum atomic E-state index is 14.3. The Labute approximate surface area is 125 Å². The summed E-state index contributed by atoms with van der Waals surface area (Å²) in [5.41, 5.74) is 0.737. The summed E-state index contributed by atoms with van der Waals surface area (Å²) in [5.74, 6) is -1.63. The van der Waals surface area contributed by atoms with Crippen LogP contribution in [0, 0.1) is 11.6 Å². The molecule has 0 fully saturated rings. The quantitative estimate of drug-likeness (QED) is 0.805. The second-order valence-electron chi connectivity index (χ2n) is 4.77. The van der Waals surface area contributed by atoms with E-state index in [1.807, 2.05) is 0 Å². The number of halogens is 2. The molecule has 0 aliphatic carbocycles. The van der Waals surface area contributed by atoms with Gasteiger partial charge < -0.3 is 5.32 Å². The van der Waals surface area contributed by atoms with Gasteiger partial charge in [-0.15, -0.1) is 0 Å². The number of rotatable bonds is 3. The number of nitrogens with zero attached hydrogens (tertiary/aromatic N) is 1. The van der Waals surface area contributed by atoms with E-state index in [0.29, 0.717) is 11.1 Å². The van der Waals surface area contributed by atoms with Gasteiger partial charge in [0.15, 0.2) is 0 Å². The van der Waals surface area contributed by atoms with Crippen molar-refractivity contribution >= 4 is 16.8 Å². The summed E-state index contributed by atoms with van der Waals surface area (Å²) in [7, 11) is 0. The maximum Gasteiger partial charge on any atom is 0.254 e. The Balaban J connectivity index is 1.84. The topological polar surface area (TPSA) is 42.0 Å². The van der Waals surface area contributed by atoms with Crippen molar-refractivity contribution in [1.29, 1.82) is 0 Å². The fourth-order valence-electron chi connectivity index (χ4n) is 2.20. The molecule has 1 aromatic heterocycles. The Morgan fingerprint density at radius 1 is 1.05 bits per heavy atom. The van der Waals surface area contributed by atoms with Crippen LogP contribution in [0.2, 0.25) is 0 Å². The highest BCUT2D eigenvalue weighted by Crippen LogP contribution is 2.19. The Morgan fingerprint density at radius 2 is 1.86 bits per heavy atom. The summed E-state index contributed by atoms with van der Waals surface area (Å²) in [4.78, 5) is 16.1. The van der Waals surface area contributed by atoms with Gasteiger partial charge in [0.1, 0.15) is 11.6 Å². The van der Waals surface area contributed by atoms with Gasteiger partial charge in [0.25, 0.3) is 5.91 Å². The number of nitrogens with one attached hydrogen (secondary N) is 1. The summed E-state index contributed by atoms with van der Waals surface area (Å²) >= 11 is 0. The highest BCUT2D eigenvalue weighted by Gasteiger charge is 2.15. The monoisotopic (exact) mass is 298 g/mol. The van der Waals surface area contributed by atoms with Gasteiger partial charge in [0.2, 0.25) is 0 Å². The van der Waals surface area contributed by atoms with Gasteiger partial charge in [-0.3, -0.25) is 9.78 Å². The normalized spacial score (nSPS) is 10.6. The van der Waals surface area contributed by atoms with Gasteiger partial charge in [-0.2, -0.15) is 0 Å². The number of aromatic nitrogens is 1. The van der Waals surface area contributed by atoms with Crippen molar-refractivity contribution in [3.05, 3.63) is 77.5 Å². The molecule has 0 atom stereocenters. The predicted molar refractivity (Wildman–Crippen MR) is 79.3 cm³/mol. The summed E-state index contributed by atoms with van der Waals surface area (Å²) in [6.07, 6.45) is 1.56. The number of pyridine rings is 1. The molecule has 2 aromatic carbocycles. The zero-order valence-electron chi connectivity index (χ0n) is 11.5. The minimum Gasteiger partial charge on any atom is -0.348 e. The number of carbonyl (C=O) groups excluding carboxylic acids is 1. The van der Waals surface area contributed by atoms with E-state index in [4.69, 9.17) is 0 Å². The van der Waals surface area contributed by atoms with E-state index in [2.05, 4.69) is 10.3 Å². The van der Waals surface area contributed by atoms with Crippen LogP contribution in [-0.2, 0) is 6.54 Å². The molecule has 1 N–H and O–H groups in total. The summed E-state index contributed by atoms with van der Waals surface area (Å²) in [6.45, 7) is -0.00394. The fraction of sp³-hybridized carbons (Fsp3) is 0.0588. The average molecular weight is 298 g/mol. The van der Waals surface area contributed by atoms with Crippen molar-refractivity contribution in [2.24, 2.45) is 0 Å². The molecule has 0 aliphatic rings. The fourth-order valence-corrected chi connectivity index (χ4v) is 2.20. The molecule has 0 aliphatic heterocycles. The first kappa shape index (κ1) is 14.1. The van der Waals surface area contributed by atoms with Crippen LogP contribution < -0.4 is 5.32 Å².